The highest BCUT2D eigenvalue weighted by atomic mass is 19.1. The van der Waals surface area contributed by atoms with E-state index in [0.29, 0.717) is 49.6 Å². The van der Waals surface area contributed by atoms with Gasteiger partial charge in [-0.3, -0.25) is 14.1 Å². The third-order valence-corrected chi connectivity index (χ3v) is 5.69. The molecule has 0 bridgehead atoms. The summed E-state index contributed by atoms with van der Waals surface area (Å²) < 4.78 is 29.5. The highest BCUT2D eigenvalue weighted by Gasteiger charge is 2.32. The molecule has 1 heterocycles. The number of benzene rings is 1. The summed E-state index contributed by atoms with van der Waals surface area (Å²) in [6.07, 6.45) is 5.67. The Morgan fingerprint density at radius 3 is 2.78 bits per heavy atom. The summed E-state index contributed by atoms with van der Waals surface area (Å²) in [5, 5.41) is 3.04. The Morgan fingerprint density at radius 1 is 1.31 bits per heavy atom. The molecule has 0 radical (unpaired) electrons. The largest absolute Gasteiger partial charge is 0.493 e. The number of nitrogens with zero attached hydrogens (tertiary/aromatic N) is 1. The van der Waals surface area contributed by atoms with Crippen molar-refractivity contribution in [2.75, 3.05) is 53.7 Å². The number of carbonyl (C=O) groups excluding carboxylic acids is 1. The van der Waals surface area contributed by atoms with E-state index in [1.165, 1.54) is 14.2 Å². The molecule has 1 aromatic carbocycles. The zero-order valence-electron chi connectivity index (χ0n) is 19.4. The molecule has 0 aliphatic carbocycles. The predicted molar refractivity (Wildman–Crippen MR) is 124 cm³/mol. The molecule has 8 heteroatoms. The van der Waals surface area contributed by atoms with Crippen LogP contribution in [-0.2, 0) is 11.2 Å². The van der Waals surface area contributed by atoms with Gasteiger partial charge in [0.2, 0.25) is 0 Å². The number of amides is 1. The standard InChI is InChI=1S/C24H38FN3O4/c1-4-11-28-17-20(32-12-6-5-10-26)15-19(28)16-27-24(29)21-13-18(8-7-9-25)14-22(30-2)23(21)31-3/h4,13-14,19-20H,1,5-12,15-17,26H2,2-3H3,(H,27,29)/t19-,20+/m0/s1. The Hall–Kier alpha value is -2.16. The normalized spacial score (nSPS) is 18.5. The Morgan fingerprint density at radius 2 is 2.12 bits per heavy atom. The quantitative estimate of drug-likeness (QED) is 0.315. The number of aryl methyl sites for hydroxylation is 1. The molecule has 3 N–H and O–H groups in total. The average Bonchev–Trinajstić information content (AvgIpc) is 3.19. The zero-order chi connectivity index (χ0) is 23.3. The number of nitrogens with one attached hydrogen (secondary N) is 1. The average molecular weight is 452 g/mol. The molecule has 1 fully saturated rings. The van der Waals surface area contributed by atoms with Gasteiger partial charge >= 0.3 is 0 Å². The molecule has 0 spiro atoms. The first kappa shape index (κ1) is 26.1. The van der Waals surface area contributed by atoms with Crippen molar-refractivity contribution in [3.05, 3.63) is 35.9 Å². The minimum absolute atomic E-state index is 0.133. The van der Waals surface area contributed by atoms with Gasteiger partial charge < -0.3 is 25.3 Å². The van der Waals surface area contributed by atoms with E-state index in [0.717, 1.165) is 37.9 Å². The minimum atomic E-state index is -0.411. The van der Waals surface area contributed by atoms with Gasteiger partial charge in [0.25, 0.3) is 5.91 Å². The molecule has 0 saturated carbocycles. The van der Waals surface area contributed by atoms with Gasteiger partial charge in [-0.15, -0.1) is 6.58 Å². The fourth-order valence-electron chi connectivity index (χ4n) is 4.07. The molecule has 1 aliphatic heterocycles. The molecule has 1 aromatic rings. The van der Waals surface area contributed by atoms with E-state index in [4.69, 9.17) is 19.9 Å². The van der Waals surface area contributed by atoms with Crippen LogP contribution in [0.15, 0.2) is 24.8 Å². The van der Waals surface area contributed by atoms with Gasteiger partial charge in [-0.25, -0.2) is 0 Å². The fraction of sp³-hybridized carbons (Fsp3) is 0.625. The van der Waals surface area contributed by atoms with E-state index in [1.807, 2.05) is 6.08 Å². The smallest absolute Gasteiger partial charge is 0.255 e. The van der Waals surface area contributed by atoms with Gasteiger partial charge in [-0.2, -0.15) is 0 Å². The zero-order valence-corrected chi connectivity index (χ0v) is 19.4. The lowest BCUT2D eigenvalue weighted by Gasteiger charge is -2.23. The lowest BCUT2D eigenvalue weighted by atomic mass is 10.0. The number of carbonyl (C=O) groups is 1. The summed E-state index contributed by atoms with van der Waals surface area (Å²) in [4.78, 5) is 15.3. The topological polar surface area (TPSA) is 86.1 Å². The first-order valence-corrected chi connectivity index (χ1v) is 11.3. The number of hydrogen-bond acceptors (Lipinski definition) is 6. The number of rotatable bonds is 15. The summed E-state index contributed by atoms with van der Waals surface area (Å²) in [5.41, 5.74) is 6.78. The molecular weight excluding hydrogens is 413 g/mol. The van der Waals surface area contributed by atoms with Crippen molar-refractivity contribution in [1.82, 2.24) is 10.2 Å². The molecule has 32 heavy (non-hydrogen) atoms. The fourth-order valence-corrected chi connectivity index (χ4v) is 4.07. The first-order valence-electron chi connectivity index (χ1n) is 11.3. The summed E-state index contributed by atoms with van der Waals surface area (Å²) in [7, 11) is 3.03. The Balaban J connectivity index is 2.05. The van der Waals surface area contributed by atoms with Crippen molar-refractivity contribution < 1.29 is 23.4 Å². The molecule has 2 rings (SSSR count). The minimum Gasteiger partial charge on any atom is -0.493 e. The summed E-state index contributed by atoms with van der Waals surface area (Å²) in [6, 6.07) is 3.70. The monoisotopic (exact) mass is 451 g/mol. The Bertz CT molecular complexity index is 731. The number of hydrogen-bond donors (Lipinski definition) is 2. The van der Waals surface area contributed by atoms with Crippen LogP contribution < -0.4 is 20.5 Å². The molecular formula is C24H38FN3O4. The predicted octanol–water partition coefficient (Wildman–Crippen LogP) is 2.72. The SMILES string of the molecule is C=CCN1C[C@H](OCCCCN)C[C@H]1CNC(=O)c1cc(CCCF)cc(OC)c1OC. The number of alkyl halides is 1. The van der Waals surface area contributed by atoms with E-state index in [-0.39, 0.29) is 18.1 Å². The molecule has 0 unspecified atom stereocenters. The second-order valence-electron chi connectivity index (χ2n) is 8.00. The van der Waals surface area contributed by atoms with Crippen molar-refractivity contribution in [2.45, 2.75) is 44.2 Å². The highest BCUT2D eigenvalue weighted by molar-refractivity contribution is 5.98. The maximum absolute atomic E-state index is 13.1. The van der Waals surface area contributed by atoms with E-state index < -0.39 is 6.67 Å². The van der Waals surface area contributed by atoms with Gasteiger partial charge in [-0.05, 0) is 56.3 Å². The molecule has 0 aromatic heterocycles. The molecule has 2 atom stereocenters. The van der Waals surface area contributed by atoms with Crippen molar-refractivity contribution >= 4 is 5.91 Å². The third-order valence-electron chi connectivity index (χ3n) is 5.69. The maximum atomic E-state index is 13.1. The lowest BCUT2D eigenvalue weighted by Crippen LogP contribution is -2.40. The van der Waals surface area contributed by atoms with E-state index in [2.05, 4.69) is 16.8 Å². The number of ether oxygens (including phenoxy) is 3. The van der Waals surface area contributed by atoms with Crippen LogP contribution in [0.5, 0.6) is 11.5 Å². The molecule has 7 nitrogen and oxygen atoms in total. The number of nitrogens with two attached hydrogens (primary N) is 1. The number of halogens is 1. The molecule has 180 valence electrons. The molecule has 1 saturated heterocycles. The highest BCUT2D eigenvalue weighted by Crippen LogP contribution is 2.33. The van der Waals surface area contributed by atoms with E-state index >= 15 is 0 Å². The van der Waals surface area contributed by atoms with Crippen LogP contribution in [0, 0.1) is 0 Å². The number of methoxy groups -OCH3 is 2. The van der Waals surface area contributed by atoms with Crippen LogP contribution in [0.25, 0.3) is 0 Å². The number of unbranched alkanes of at least 4 members (excludes halogenated alkanes) is 1. The molecule has 1 amide bonds. The van der Waals surface area contributed by atoms with Crippen LogP contribution in [-0.4, -0.2) is 76.6 Å². The van der Waals surface area contributed by atoms with Crippen LogP contribution in [0.1, 0.15) is 41.6 Å². The van der Waals surface area contributed by atoms with E-state index in [1.54, 1.807) is 12.1 Å². The van der Waals surface area contributed by atoms with Crippen LogP contribution in [0.4, 0.5) is 4.39 Å². The van der Waals surface area contributed by atoms with Crippen molar-refractivity contribution in [1.29, 1.82) is 0 Å². The van der Waals surface area contributed by atoms with Crippen LogP contribution in [0.3, 0.4) is 0 Å². The van der Waals surface area contributed by atoms with Crippen molar-refractivity contribution in [3.8, 4) is 11.5 Å². The Labute approximate surface area is 191 Å². The summed E-state index contributed by atoms with van der Waals surface area (Å²) in [6.45, 7) is 6.84. The van der Waals surface area contributed by atoms with Gasteiger partial charge in [0, 0.05) is 32.3 Å². The van der Waals surface area contributed by atoms with Crippen molar-refractivity contribution in [2.24, 2.45) is 5.73 Å². The second kappa shape index (κ2) is 14.1. The first-order chi connectivity index (χ1) is 15.6. The number of likely N-dealkylation sites (tertiary alicyclic amines) is 1. The van der Waals surface area contributed by atoms with Gasteiger partial charge in [0.05, 0.1) is 32.6 Å². The third kappa shape index (κ3) is 7.46. The summed E-state index contributed by atoms with van der Waals surface area (Å²) in [5.74, 6) is 0.603. The van der Waals surface area contributed by atoms with Gasteiger partial charge in [-0.1, -0.05) is 6.08 Å². The molecule has 1 aliphatic rings. The maximum Gasteiger partial charge on any atom is 0.255 e. The van der Waals surface area contributed by atoms with Gasteiger partial charge in [0.15, 0.2) is 11.5 Å². The van der Waals surface area contributed by atoms with Crippen LogP contribution >= 0.6 is 0 Å². The summed E-state index contributed by atoms with van der Waals surface area (Å²) >= 11 is 0. The van der Waals surface area contributed by atoms with E-state index in [9.17, 15) is 9.18 Å². The van der Waals surface area contributed by atoms with Gasteiger partial charge in [0.1, 0.15) is 0 Å². The second-order valence-corrected chi connectivity index (χ2v) is 8.00. The Kier molecular flexibility index (Phi) is 11.5. The van der Waals surface area contributed by atoms with Crippen LogP contribution in [0.2, 0.25) is 0 Å². The van der Waals surface area contributed by atoms with Crippen molar-refractivity contribution in [3.63, 3.8) is 0 Å². The lowest BCUT2D eigenvalue weighted by molar-refractivity contribution is 0.0576.